The van der Waals surface area contributed by atoms with Crippen LogP contribution in [-0.2, 0) is 10.0 Å². The van der Waals surface area contributed by atoms with Crippen molar-refractivity contribution in [3.63, 3.8) is 0 Å². The largest absolute Gasteiger partial charge is 0.394 e. The Hall–Kier alpha value is -0.430. The van der Waals surface area contributed by atoms with E-state index in [0.29, 0.717) is 18.8 Å². The molecule has 0 radical (unpaired) electrons. The fourth-order valence-corrected chi connectivity index (χ4v) is 4.82. The summed E-state index contributed by atoms with van der Waals surface area (Å²) in [5, 5.41) is 9.73. The van der Waals surface area contributed by atoms with Gasteiger partial charge in [0.25, 0.3) is 0 Å². The molecule has 2 rings (SSSR count). The third kappa shape index (κ3) is 3.86. The Bertz CT molecular complexity index is 617. The molecule has 0 saturated heterocycles. The summed E-state index contributed by atoms with van der Waals surface area (Å²) < 4.78 is 28.8. The summed E-state index contributed by atoms with van der Waals surface area (Å²) in [6, 6.07) is 4.96. The van der Waals surface area contributed by atoms with Crippen molar-refractivity contribution in [1.29, 1.82) is 0 Å². The number of aliphatic hydroxyl groups excluding tert-OH is 1. The maximum atomic E-state index is 12.6. The molecule has 0 aromatic heterocycles. The molecule has 2 unspecified atom stereocenters. The number of aliphatic hydroxyl groups is 1. The van der Waals surface area contributed by atoms with Crippen molar-refractivity contribution in [2.24, 2.45) is 5.92 Å². The quantitative estimate of drug-likeness (QED) is 0.849. The molecular formula is C15H22BrNO3S. The average molecular weight is 376 g/mol. The lowest BCUT2D eigenvalue weighted by atomic mass is 9.78. The van der Waals surface area contributed by atoms with Gasteiger partial charge in [0.2, 0.25) is 10.0 Å². The molecule has 2 N–H and O–H groups in total. The van der Waals surface area contributed by atoms with Gasteiger partial charge in [0.15, 0.2) is 0 Å². The van der Waals surface area contributed by atoms with Crippen LogP contribution in [0.3, 0.4) is 0 Å². The summed E-state index contributed by atoms with van der Waals surface area (Å²) in [5.74, 6) is 0.417. The molecule has 1 aliphatic rings. The van der Waals surface area contributed by atoms with Gasteiger partial charge in [0, 0.05) is 4.47 Å². The lowest BCUT2D eigenvalue weighted by molar-refractivity contribution is 0.120. The van der Waals surface area contributed by atoms with Crippen molar-refractivity contribution < 1.29 is 13.5 Å². The molecule has 1 fully saturated rings. The summed E-state index contributed by atoms with van der Waals surface area (Å²) in [4.78, 5) is 0.245. The molecule has 0 amide bonds. The van der Waals surface area contributed by atoms with Crippen LogP contribution in [-0.4, -0.2) is 25.7 Å². The van der Waals surface area contributed by atoms with Gasteiger partial charge in [0.05, 0.1) is 17.0 Å². The Morgan fingerprint density at radius 1 is 1.48 bits per heavy atom. The normalized spacial score (nSPS) is 26.8. The number of nitrogens with one attached hydrogen (secondary N) is 1. The molecule has 118 valence electrons. The van der Waals surface area contributed by atoms with Crippen LogP contribution < -0.4 is 4.72 Å². The SMILES string of the molecule is Cc1cc(S(=O)(=O)NC2(CO)CCCC(C)C2)ccc1Br. The highest BCUT2D eigenvalue weighted by Gasteiger charge is 2.38. The van der Waals surface area contributed by atoms with Gasteiger partial charge in [-0.05, 0) is 49.4 Å². The van der Waals surface area contributed by atoms with Crippen LogP contribution in [0.25, 0.3) is 0 Å². The molecular weight excluding hydrogens is 354 g/mol. The predicted molar refractivity (Wildman–Crippen MR) is 86.6 cm³/mol. The summed E-state index contributed by atoms with van der Waals surface area (Å²) in [5.41, 5.74) is 0.144. The number of hydrogen-bond acceptors (Lipinski definition) is 3. The van der Waals surface area contributed by atoms with Gasteiger partial charge in [-0.3, -0.25) is 0 Å². The third-order valence-electron chi connectivity index (χ3n) is 4.18. The summed E-state index contributed by atoms with van der Waals surface area (Å²) in [6.07, 6.45) is 3.38. The first-order valence-corrected chi connectivity index (χ1v) is 9.47. The topological polar surface area (TPSA) is 66.4 Å². The third-order valence-corrected chi connectivity index (χ3v) is 6.65. The van der Waals surface area contributed by atoms with Gasteiger partial charge in [-0.15, -0.1) is 0 Å². The second-order valence-corrected chi connectivity index (χ2v) is 8.69. The molecule has 1 aliphatic carbocycles. The van der Waals surface area contributed by atoms with Crippen LogP contribution >= 0.6 is 15.9 Å². The smallest absolute Gasteiger partial charge is 0.241 e. The van der Waals surface area contributed by atoms with E-state index in [1.54, 1.807) is 18.2 Å². The first kappa shape index (κ1) is 16.9. The molecule has 0 spiro atoms. The van der Waals surface area contributed by atoms with Gasteiger partial charge in [-0.1, -0.05) is 35.7 Å². The van der Waals surface area contributed by atoms with Crippen molar-refractivity contribution in [1.82, 2.24) is 4.72 Å². The highest BCUT2D eigenvalue weighted by molar-refractivity contribution is 9.10. The van der Waals surface area contributed by atoms with E-state index >= 15 is 0 Å². The Morgan fingerprint density at radius 3 is 2.76 bits per heavy atom. The first-order valence-electron chi connectivity index (χ1n) is 7.19. The number of aryl methyl sites for hydroxylation is 1. The number of benzene rings is 1. The van der Waals surface area contributed by atoms with Gasteiger partial charge >= 0.3 is 0 Å². The Morgan fingerprint density at radius 2 is 2.19 bits per heavy atom. The summed E-state index contributed by atoms with van der Waals surface area (Å²) in [6.45, 7) is 3.79. The van der Waals surface area contributed by atoms with E-state index in [2.05, 4.69) is 27.6 Å². The van der Waals surface area contributed by atoms with Crippen LogP contribution in [0.2, 0.25) is 0 Å². The summed E-state index contributed by atoms with van der Waals surface area (Å²) >= 11 is 3.37. The molecule has 1 saturated carbocycles. The maximum absolute atomic E-state index is 12.6. The Labute approximate surface area is 135 Å². The molecule has 1 aromatic rings. The molecule has 0 heterocycles. The number of sulfonamides is 1. The zero-order valence-corrected chi connectivity index (χ0v) is 14.8. The molecule has 21 heavy (non-hydrogen) atoms. The van der Waals surface area contributed by atoms with Crippen LogP contribution in [0.5, 0.6) is 0 Å². The van der Waals surface area contributed by atoms with Gasteiger partial charge in [-0.25, -0.2) is 13.1 Å². The minimum Gasteiger partial charge on any atom is -0.394 e. The summed E-state index contributed by atoms with van der Waals surface area (Å²) in [7, 11) is -3.62. The highest BCUT2D eigenvalue weighted by atomic mass is 79.9. The molecule has 0 bridgehead atoms. The van der Waals surface area contributed by atoms with E-state index in [9.17, 15) is 13.5 Å². The van der Waals surface area contributed by atoms with Crippen LogP contribution in [0, 0.1) is 12.8 Å². The van der Waals surface area contributed by atoms with Crippen molar-refractivity contribution in [2.75, 3.05) is 6.61 Å². The molecule has 4 nitrogen and oxygen atoms in total. The standard InChI is InChI=1S/C15H22BrNO3S/c1-11-4-3-7-15(9-11,10-18)17-21(19,20)13-5-6-14(16)12(2)8-13/h5-6,8,11,17-18H,3-4,7,9-10H2,1-2H3. The average Bonchev–Trinajstić information content (AvgIpc) is 2.41. The van der Waals surface area contributed by atoms with Crippen LogP contribution in [0.1, 0.15) is 38.2 Å². The second-order valence-electron chi connectivity index (χ2n) is 6.16. The zero-order chi connectivity index (χ0) is 15.7. The predicted octanol–water partition coefficient (Wildman–Crippen LogP) is 2.98. The number of rotatable bonds is 4. The van der Waals surface area contributed by atoms with Crippen LogP contribution in [0.4, 0.5) is 0 Å². The van der Waals surface area contributed by atoms with E-state index in [4.69, 9.17) is 0 Å². The van der Waals surface area contributed by atoms with Gasteiger partial charge in [-0.2, -0.15) is 0 Å². The van der Waals surface area contributed by atoms with E-state index in [-0.39, 0.29) is 11.5 Å². The van der Waals surface area contributed by atoms with Crippen molar-refractivity contribution in [2.45, 2.75) is 50.0 Å². The van der Waals surface area contributed by atoms with Crippen molar-refractivity contribution >= 4 is 26.0 Å². The van der Waals surface area contributed by atoms with E-state index < -0.39 is 15.6 Å². The highest BCUT2D eigenvalue weighted by Crippen LogP contribution is 2.33. The van der Waals surface area contributed by atoms with Gasteiger partial charge in [0.1, 0.15) is 0 Å². The molecule has 2 atom stereocenters. The molecule has 6 heteroatoms. The number of halogens is 1. The minimum absolute atomic E-state index is 0.161. The monoisotopic (exact) mass is 375 g/mol. The zero-order valence-electron chi connectivity index (χ0n) is 12.4. The molecule has 0 aliphatic heterocycles. The fourth-order valence-electron chi connectivity index (χ4n) is 3.06. The van der Waals surface area contributed by atoms with E-state index in [0.717, 1.165) is 22.9 Å². The Kier molecular flexibility index (Phi) is 5.13. The number of hydrogen-bond donors (Lipinski definition) is 2. The lowest BCUT2D eigenvalue weighted by Crippen LogP contribution is -2.53. The lowest BCUT2D eigenvalue weighted by Gasteiger charge is -2.39. The Balaban J connectivity index is 2.28. The maximum Gasteiger partial charge on any atom is 0.241 e. The van der Waals surface area contributed by atoms with Gasteiger partial charge < -0.3 is 5.11 Å². The fraction of sp³-hybridized carbons (Fsp3) is 0.600. The van der Waals surface area contributed by atoms with Crippen LogP contribution in [0.15, 0.2) is 27.6 Å². The first-order chi connectivity index (χ1) is 9.78. The van der Waals surface area contributed by atoms with Crippen molar-refractivity contribution in [3.8, 4) is 0 Å². The van der Waals surface area contributed by atoms with E-state index in [1.165, 1.54) is 0 Å². The van der Waals surface area contributed by atoms with E-state index in [1.807, 2.05) is 6.92 Å². The molecule has 1 aromatic carbocycles. The second kappa shape index (κ2) is 6.36. The van der Waals surface area contributed by atoms with Crippen molar-refractivity contribution in [3.05, 3.63) is 28.2 Å². The minimum atomic E-state index is -3.62.